The lowest BCUT2D eigenvalue weighted by atomic mass is 9.90. The van der Waals surface area contributed by atoms with Gasteiger partial charge >= 0.3 is 0 Å². The largest absolute Gasteiger partial charge is 0.497 e. The summed E-state index contributed by atoms with van der Waals surface area (Å²) in [5.74, 6) is 0.686. The second-order valence-corrected chi connectivity index (χ2v) is 6.98. The van der Waals surface area contributed by atoms with Crippen molar-refractivity contribution in [2.24, 2.45) is 0 Å². The van der Waals surface area contributed by atoms with Gasteiger partial charge in [0.1, 0.15) is 11.5 Å². The summed E-state index contributed by atoms with van der Waals surface area (Å²) < 4.78 is 12.9. The molecule has 1 atom stereocenters. The van der Waals surface area contributed by atoms with Crippen LogP contribution in [0, 0.1) is 10.1 Å². The van der Waals surface area contributed by atoms with E-state index < -0.39 is 5.92 Å². The third kappa shape index (κ3) is 3.59. The van der Waals surface area contributed by atoms with Gasteiger partial charge in [-0.25, -0.2) is 0 Å². The second-order valence-electron chi connectivity index (χ2n) is 6.98. The average molecular weight is 402 g/mol. The van der Waals surface area contributed by atoms with E-state index in [4.69, 9.17) is 9.47 Å². The van der Waals surface area contributed by atoms with Crippen LogP contribution >= 0.6 is 0 Å². The molecule has 0 spiro atoms. The van der Waals surface area contributed by atoms with Gasteiger partial charge in [-0.3, -0.25) is 10.1 Å². The Morgan fingerprint density at radius 1 is 0.967 bits per heavy atom. The zero-order valence-corrected chi connectivity index (χ0v) is 16.8. The molecule has 4 aromatic rings. The fraction of sp³-hybridized carbons (Fsp3) is 0.167. The van der Waals surface area contributed by atoms with Gasteiger partial charge in [-0.2, -0.15) is 0 Å². The van der Waals surface area contributed by atoms with Crippen molar-refractivity contribution in [2.75, 3.05) is 20.8 Å². The van der Waals surface area contributed by atoms with Crippen LogP contribution in [0.1, 0.15) is 17.2 Å². The molecule has 0 saturated heterocycles. The number of methoxy groups -OCH3 is 2. The van der Waals surface area contributed by atoms with Gasteiger partial charge in [-0.05, 0) is 29.8 Å². The van der Waals surface area contributed by atoms with E-state index in [0.717, 1.165) is 27.9 Å². The molecule has 2 aromatic heterocycles. The average Bonchev–Trinajstić information content (AvgIpc) is 3.17. The zero-order chi connectivity index (χ0) is 21.1. The molecule has 2 aromatic carbocycles. The first kappa shape index (κ1) is 19.5. The molecule has 0 aliphatic carbocycles. The molecule has 0 saturated carbocycles. The van der Waals surface area contributed by atoms with Crippen LogP contribution in [0.3, 0.4) is 0 Å². The Balaban J connectivity index is 2.00. The number of rotatable bonds is 7. The van der Waals surface area contributed by atoms with Crippen molar-refractivity contribution >= 4 is 5.52 Å². The van der Waals surface area contributed by atoms with Crippen LogP contribution in [-0.2, 0) is 0 Å². The molecule has 0 unspecified atom stereocenters. The molecule has 30 heavy (non-hydrogen) atoms. The standard InChI is InChI=1S/C24H22N2O4/c1-29-19-11-12-20(23(15-19)30-2)22(16-26(27)28)24-21(17-8-4-3-5-9-17)14-18-10-6-7-13-25(18)24/h3-15,22H,16H2,1-2H3/t22-/m1/s1. The minimum Gasteiger partial charge on any atom is -0.497 e. The fourth-order valence-corrected chi connectivity index (χ4v) is 3.94. The topological polar surface area (TPSA) is 66.0 Å². The third-order valence-electron chi connectivity index (χ3n) is 5.28. The number of pyridine rings is 1. The molecular formula is C24H22N2O4. The Morgan fingerprint density at radius 2 is 1.73 bits per heavy atom. The van der Waals surface area contributed by atoms with Gasteiger partial charge in [-0.1, -0.05) is 42.5 Å². The Morgan fingerprint density at radius 3 is 2.43 bits per heavy atom. The lowest BCUT2D eigenvalue weighted by molar-refractivity contribution is -0.482. The van der Waals surface area contributed by atoms with Gasteiger partial charge in [0.2, 0.25) is 6.54 Å². The van der Waals surface area contributed by atoms with E-state index in [1.165, 1.54) is 0 Å². The van der Waals surface area contributed by atoms with Crippen LogP contribution in [0.25, 0.3) is 16.6 Å². The van der Waals surface area contributed by atoms with Crippen LogP contribution in [-0.4, -0.2) is 30.1 Å². The highest BCUT2D eigenvalue weighted by Gasteiger charge is 2.29. The van der Waals surface area contributed by atoms with Crippen molar-refractivity contribution in [3.05, 3.63) is 100 Å². The third-order valence-corrected chi connectivity index (χ3v) is 5.28. The summed E-state index contributed by atoms with van der Waals surface area (Å²) in [6.45, 7) is -0.260. The van der Waals surface area contributed by atoms with Gasteiger partial charge in [0, 0.05) is 39.5 Å². The zero-order valence-electron chi connectivity index (χ0n) is 16.8. The predicted molar refractivity (Wildman–Crippen MR) is 116 cm³/mol. The molecular weight excluding hydrogens is 380 g/mol. The maximum atomic E-state index is 11.7. The number of benzene rings is 2. The van der Waals surface area contributed by atoms with Gasteiger partial charge in [0.05, 0.1) is 20.1 Å². The van der Waals surface area contributed by atoms with E-state index in [1.807, 2.05) is 71.3 Å². The van der Waals surface area contributed by atoms with Crippen LogP contribution in [0.2, 0.25) is 0 Å². The Labute approximate surface area is 174 Å². The van der Waals surface area contributed by atoms with Crippen molar-refractivity contribution in [2.45, 2.75) is 5.92 Å². The number of fused-ring (bicyclic) bond motifs is 1. The number of ether oxygens (including phenoxy) is 2. The summed E-state index contributed by atoms with van der Waals surface area (Å²) in [5.41, 5.74) is 4.56. The molecule has 0 radical (unpaired) electrons. The highest BCUT2D eigenvalue weighted by atomic mass is 16.6. The molecule has 0 fully saturated rings. The summed E-state index contributed by atoms with van der Waals surface area (Å²) in [4.78, 5) is 11.4. The SMILES string of the molecule is COc1ccc([C@@H](C[N+](=O)[O-])c2c(-c3ccccc3)cc3ccccn23)c(OC)c1. The summed E-state index contributed by atoms with van der Waals surface area (Å²) in [7, 11) is 3.15. The molecule has 0 N–H and O–H groups in total. The molecule has 0 aliphatic rings. The van der Waals surface area contributed by atoms with E-state index >= 15 is 0 Å². The van der Waals surface area contributed by atoms with Crippen LogP contribution in [0.15, 0.2) is 79.0 Å². The smallest absolute Gasteiger partial charge is 0.216 e. The Bertz CT molecular complexity index is 1180. The van der Waals surface area contributed by atoms with Crippen molar-refractivity contribution in [3.63, 3.8) is 0 Å². The molecule has 0 aliphatic heterocycles. The normalized spacial score (nSPS) is 11.9. The fourth-order valence-electron chi connectivity index (χ4n) is 3.94. The lowest BCUT2D eigenvalue weighted by Crippen LogP contribution is -2.17. The highest BCUT2D eigenvalue weighted by molar-refractivity contribution is 5.75. The minimum atomic E-state index is -0.513. The summed E-state index contributed by atoms with van der Waals surface area (Å²) in [5, 5.41) is 11.7. The Kier molecular flexibility index (Phi) is 5.39. The van der Waals surface area contributed by atoms with E-state index in [1.54, 1.807) is 20.3 Å². The van der Waals surface area contributed by atoms with Crippen LogP contribution < -0.4 is 9.47 Å². The van der Waals surface area contributed by atoms with Crippen LogP contribution in [0.5, 0.6) is 11.5 Å². The molecule has 0 amide bonds. The predicted octanol–water partition coefficient (Wildman–Crippen LogP) is 5.03. The quantitative estimate of drug-likeness (QED) is 0.321. The van der Waals surface area contributed by atoms with Crippen LogP contribution in [0.4, 0.5) is 0 Å². The van der Waals surface area contributed by atoms with Gasteiger partial charge in [0.15, 0.2) is 0 Å². The second kappa shape index (κ2) is 8.29. The molecule has 4 rings (SSSR count). The first-order valence-corrected chi connectivity index (χ1v) is 9.61. The first-order valence-electron chi connectivity index (χ1n) is 9.61. The number of hydrogen-bond acceptors (Lipinski definition) is 4. The van der Waals surface area contributed by atoms with E-state index in [0.29, 0.717) is 11.5 Å². The summed E-state index contributed by atoms with van der Waals surface area (Å²) >= 11 is 0. The monoisotopic (exact) mass is 402 g/mol. The highest BCUT2D eigenvalue weighted by Crippen LogP contribution is 2.40. The van der Waals surface area contributed by atoms with Crippen molar-refractivity contribution < 1.29 is 14.4 Å². The molecule has 0 bridgehead atoms. The first-order chi connectivity index (χ1) is 14.6. The van der Waals surface area contributed by atoms with E-state index in [2.05, 4.69) is 6.07 Å². The van der Waals surface area contributed by atoms with Crippen molar-refractivity contribution in [3.8, 4) is 22.6 Å². The number of nitro groups is 1. The van der Waals surface area contributed by atoms with Crippen molar-refractivity contribution in [1.82, 2.24) is 4.40 Å². The molecule has 2 heterocycles. The van der Waals surface area contributed by atoms with Gasteiger partial charge in [0.25, 0.3) is 0 Å². The number of hydrogen-bond donors (Lipinski definition) is 0. The summed E-state index contributed by atoms with van der Waals surface area (Å²) in [6.07, 6.45) is 1.94. The Hall–Kier alpha value is -3.80. The lowest BCUT2D eigenvalue weighted by Gasteiger charge is -2.20. The number of aromatic nitrogens is 1. The maximum absolute atomic E-state index is 11.7. The van der Waals surface area contributed by atoms with Gasteiger partial charge < -0.3 is 13.9 Å². The molecule has 6 heteroatoms. The van der Waals surface area contributed by atoms with E-state index in [9.17, 15) is 10.1 Å². The minimum absolute atomic E-state index is 0.260. The number of nitrogens with zero attached hydrogens (tertiary/aromatic N) is 2. The maximum Gasteiger partial charge on any atom is 0.216 e. The summed E-state index contributed by atoms with van der Waals surface area (Å²) in [6, 6.07) is 23.3. The van der Waals surface area contributed by atoms with Crippen molar-refractivity contribution in [1.29, 1.82) is 0 Å². The molecule has 152 valence electrons. The van der Waals surface area contributed by atoms with Gasteiger partial charge in [-0.15, -0.1) is 0 Å². The van der Waals surface area contributed by atoms with E-state index in [-0.39, 0.29) is 11.5 Å². The molecule has 6 nitrogen and oxygen atoms in total.